The summed E-state index contributed by atoms with van der Waals surface area (Å²) in [6, 6.07) is 7.46. The van der Waals surface area contributed by atoms with E-state index in [9.17, 15) is 9.18 Å². The number of halogens is 1. The van der Waals surface area contributed by atoms with Gasteiger partial charge in [-0.25, -0.2) is 9.37 Å². The molecule has 0 radical (unpaired) electrons. The first-order valence-corrected chi connectivity index (χ1v) is 10.7. The summed E-state index contributed by atoms with van der Waals surface area (Å²) < 4.78 is 18.6. The maximum absolute atomic E-state index is 13.0. The van der Waals surface area contributed by atoms with Crippen LogP contribution in [0.2, 0.25) is 0 Å². The number of ether oxygens (including phenoxy) is 1. The largest absolute Gasteiger partial charge is 0.439 e. The van der Waals surface area contributed by atoms with E-state index in [-0.39, 0.29) is 11.7 Å². The molecule has 1 aliphatic carbocycles. The van der Waals surface area contributed by atoms with E-state index < -0.39 is 0 Å². The fraction of sp³-hybridized carbons (Fsp3) is 0.500. The highest BCUT2D eigenvalue weighted by Gasteiger charge is 2.29. The quantitative estimate of drug-likeness (QED) is 0.752. The number of rotatable bonds is 7. The fourth-order valence-electron chi connectivity index (χ4n) is 4.06. The van der Waals surface area contributed by atoms with E-state index in [1.54, 1.807) is 24.4 Å². The number of carbonyl (C=O) groups excluding carboxylic acids is 1. The van der Waals surface area contributed by atoms with Crippen molar-refractivity contribution in [2.75, 3.05) is 44.6 Å². The lowest BCUT2D eigenvalue weighted by molar-refractivity contribution is -0.137. The van der Waals surface area contributed by atoms with Crippen LogP contribution in [0.5, 0.6) is 11.6 Å². The molecule has 2 aliphatic rings. The number of aromatic nitrogens is 2. The number of hydrogen-bond donors (Lipinski definition) is 1. The van der Waals surface area contributed by atoms with Gasteiger partial charge in [-0.1, -0.05) is 12.8 Å². The Morgan fingerprint density at radius 2 is 1.83 bits per heavy atom. The zero-order valence-corrected chi connectivity index (χ0v) is 17.1. The number of benzene rings is 1. The molecule has 2 fully saturated rings. The zero-order valence-electron chi connectivity index (χ0n) is 17.1. The van der Waals surface area contributed by atoms with Crippen molar-refractivity contribution < 1.29 is 13.9 Å². The average molecular weight is 413 g/mol. The van der Waals surface area contributed by atoms with Crippen molar-refractivity contribution in [3.8, 4) is 11.6 Å². The normalized spacial score (nSPS) is 17.8. The summed E-state index contributed by atoms with van der Waals surface area (Å²) in [5.41, 5.74) is 0. The third kappa shape index (κ3) is 5.44. The van der Waals surface area contributed by atoms with Crippen LogP contribution in [0.1, 0.15) is 25.7 Å². The summed E-state index contributed by atoms with van der Waals surface area (Å²) in [7, 11) is 0. The predicted molar refractivity (Wildman–Crippen MR) is 112 cm³/mol. The number of nitrogens with one attached hydrogen (secondary N) is 1. The van der Waals surface area contributed by atoms with Gasteiger partial charge in [0.25, 0.3) is 0 Å². The molecule has 0 atom stereocenters. The molecule has 160 valence electrons. The molecule has 1 aliphatic heterocycles. The minimum atomic E-state index is -0.309. The number of carbonyl (C=O) groups is 1. The molecule has 4 rings (SSSR count). The predicted octanol–water partition coefficient (Wildman–Crippen LogP) is 3.15. The summed E-state index contributed by atoms with van der Waals surface area (Å²) in [6.45, 7) is 4.98. The van der Waals surface area contributed by atoms with Crippen molar-refractivity contribution >= 4 is 11.9 Å². The second-order valence-electron chi connectivity index (χ2n) is 7.85. The molecular weight excluding hydrogens is 385 g/mol. The van der Waals surface area contributed by atoms with E-state index in [0.717, 1.165) is 45.6 Å². The minimum Gasteiger partial charge on any atom is -0.439 e. The highest BCUT2D eigenvalue weighted by atomic mass is 19.1. The van der Waals surface area contributed by atoms with E-state index in [1.165, 1.54) is 25.0 Å². The van der Waals surface area contributed by atoms with Crippen molar-refractivity contribution in [2.45, 2.75) is 25.7 Å². The molecule has 2 heterocycles. The van der Waals surface area contributed by atoms with Gasteiger partial charge < -0.3 is 15.0 Å². The second-order valence-corrected chi connectivity index (χ2v) is 7.85. The summed E-state index contributed by atoms with van der Waals surface area (Å²) in [5.74, 6) is 1.72. The topological polar surface area (TPSA) is 70.6 Å². The van der Waals surface area contributed by atoms with Gasteiger partial charge in [-0.2, -0.15) is 4.98 Å². The van der Waals surface area contributed by atoms with Crippen molar-refractivity contribution in [2.24, 2.45) is 5.92 Å². The van der Waals surface area contributed by atoms with E-state index >= 15 is 0 Å². The molecule has 0 bridgehead atoms. The first-order valence-electron chi connectivity index (χ1n) is 10.7. The van der Waals surface area contributed by atoms with Gasteiger partial charge in [-0.05, 0) is 37.1 Å². The highest BCUT2D eigenvalue weighted by molar-refractivity contribution is 5.79. The van der Waals surface area contributed by atoms with Crippen molar-refractivity contribution in [3.63, 3.8) is 0 Å². The fourth-order valence-corrected chi connectivity index (χ4v) is 4.06. The van der Waals surface area contributed by atoms with Crippen LogP contribution in [0.4, 0.5) is 10.3 Å². The Labute approximate surface area is 176 Å². The molecule has 30 heavy (non-hydrogen) atoms. The van der Waals surface area contributed by atoms with Crippen molar-refractivity contribution in [1.82, 2.24) is 19.8 Å². The molecule has 1 aromatic carbocycles. The lowest BCUT2D eigenvalue weighted by Gasteiger charge is -2.36. The molecule has 1 N–H and O–H groups in total. The molecule has 8 heteroatoms. The Bertz CT molecular complexity index is 834. The first kappa shape index (κ1) is 20.5. The molecule has 1 saturated carbocycles. The van der Waals surface area contributed by atoms with E-state index in [1.807, 2.05) is 4.90 Å². The maximum atomic E-state index is 13.0. The van der Waals surface area contributed by atoms with Crippen LogP contribution in [0.3, 0.4) is 0 Å². The third-order valence-corrected chi connectivity index (χ3v) is 5.77. The van der Waals surface area contributed by atoms with E-state index in [2.05, 4.69) is 20.2 Å². The monoisotopic (exact) mass is 413 g/mol. The van der Waals surface area contributed by atoms with Gasteiger partial charge in [-0.15, -0.1) is 0 Å². The molecule has 1 aromatic heterocycles. The summed E-state index contributed by atoms with van der Waals surface area (Å²) in [6.07, 6.45) is 6.14. The Kier molecular flexibility index (Phi) is 6.74. The number of piperazine rings is 1. The standard InChI is InChI=1S/C22H28FN5O2/c23-18-5-7-19(8-6-18)30-20-9-10-24-22(26-20)25-11-12-27-13-15-28(16-14-27)21(29)17-3-1-2-4-17/h5-10,17H,1-4,11-16H2,(H,24,25,26). The Morgan fingerprint density at radius 1 is 1.10 bits per heavy atom. The van der Waals surface area contributed by atoms with Crippen molar-refractivity contribution in [1.29, 1.82) is 0 Å². The molecule has 0 spiro atoms. The molecular formula is C22H28FN5O2. The number of hydrogen-bond acceptors (Lipinski definition) is 6. The SMILES string of the molecule is O=C(C1CCCC1)N1CCN(CCNc2nccc(Oc3ccc(F)cc3)n2)CC1. The molecule has 0 unspecified atom stereocenters. The van der Waals surface area contributed by atoms with Crippen LogP contribution in [0, 0.1) is 11.7 Å². The summed E-state index contributed by atoms with van der Waals surface area (Å²) in [4.78, 5) is 25.5. The van der Waals surface area contributed by atoms with Gasteiger partial charge in [0.1, 0.15) is 11.6 Å². The minimum absolute atomic E-state index is 0.264. The van der Waals surface area contributed by atoms with E-state index in [4.69, 9.17) is 4.74 Å². The third-order valence-electron chi connectivity index (χ3n) is 5.77. The Hall–Kier alpha value is -2.74. The molecule has 7 nitrogen and oxygen atoms in total. The number of nitrogens with zero attached hydrogens (tertiary/aromatic N) is 4. The highest BCUT2D eigenvalue weighted by Crippen LogP contribution is 2.27. The smallest absolute Gasteiger partial charge is 0.226 e. The molecule has 1 saturated heterocycles. The summed E-state index contributed by atoms with van der Waals surface area (Å²) >= 11 is 0. The summed E-state index contributed by atoms with van der Waals surface area (Å²) in [5, 5.41) is 3.22. The van der Waals surface area contributed by atoms with Gasteiger partial charge in [0.15, 0.2) is 0 Å². The van der Waals surface area contributed by atoms with Gasteiger partial charge >= 0.3 is 0 Å². The number of anilines is 1. The second kappa shape index (κ2) is 9.84. The van der Waals surface area contributed by atoms with Gasteiger partial charge in [0, 0.05) is 57.4 Å². The van der Waals surface area contributed by atoms with Gasteiger partial charge in [-0.3, -0.25) is 9.69 Å². The van der Waals surface area contributed by atoms with Crippen LogP contribution < -0.4 is 10.1 Å². The van der Waals surface area contributed by atoms with Crippen LogP contribution >= 0.6 is 0 Å². The maximum Gasteiger partial charge on any atom is 0.226 e. The Balaban J connectivity index is 1.19. The Morgan fingerprint density at radius 3 is 2.57 bits per heavy atom. The lowest BCUT2D eigenvalue weighted by atomic mass is 10.1. The first-order chi connectivity index (χ1) is 14.7. The molecule has 2 aromatic rings. The molecule has 1 amide bonds. The van der Waals surface area contributed by atoms with Crippen LogP contribution in [-0.4, -0.2) is 64.9 Å². The van der Waals surface area contributed by atoms with Gasteiger partial charge in [0.05, 0.1) is 0 Å². The average Bonchev–Trinajstić information content (AvgIpc) is 3.31. The van der Waals surface area contributed by atoms with E-state index in [0.29, 0.717) is 30.0 Å². The van der Waals surface area contributed by atoms with Crippen LogP contribution in [0.25, 0.3) is 0 Å². The van der Waals surface area contributed by atoms with Crippen molar-refractivity contribution in [3.05, 3.63) is 42.3 Å². The van der Waals surface area contributed by atoms with Gasteiger partial charge in [0.2, 0.25) is 17.7 Å². The van der Waals surface area contributed by atoms with Crippen LogP contribution in [-0.2, 0) is 4.79 Å². The zero-order chi connectivity index (χ0) is 20.8. The lowest BCUT2D eigenvalue weighted by Crippen LogP contribution is -2.50. The number of amides is 1. The van der Waals surface area contributed by atoms with Crippen LogP contribution in [0.15, 0.2) is 36.5 Å².